The Kier molecular flexibility index (Phi) is 31.2. The topological polar surface area (TPSA) is 336 Å². The van der Waals surface area contributed by atoms with E-state index in [1.807, 2.05) is 83.1 Å². The Morgan fingerprint density at radius 2 is 0.667 bits per heavy atom. The van der Waals surface area contributed by atoms with Gasteiger partial charge in [-0.05, 0) is 148 Å². The van der Waals surface area contributed by atoms with Crippen LogP contribution in [0.15, 0.2) is 90.7 Å². The van der Waals surface area contributed by atoms with Gasteiger partial charge in [0.1, 0.15) is 58.9 Å². The molecule has 0 aliphatic carbocycles. The first-order valence-electron chi connectivity index (χ1n) is 30.6. The van der Waals surface area contributed by atoms with Gasteiger partial charge in [0, 0.05) is 37.2 Å². The fraction of sp³-hybridized carbons (Fsp3) is 0.530. The number of nitrogens with zero attached hydrogens (tertiary/aromatic N) is 3. The lowest BCUT2D eigenvalue weighted by Gasteiger charge is -2.27. The molecule has 0 saturated heterocycles. The Labute approximate surface area is 530 Å². The van der Waals surface area contributed by atoms with Crippen molar-refractivity contribution in [3.63, 3.8) is 0 Å². The van der Waals surface area contributed by atoms with Gasteiger partial charge in [0.25, 0.3) is 17.7 Å². The van der Waals surface area contributed by atoms with Crippen molar-refractivity contribution in [2.24, 2.45) is 35.5 Å². The van der Waals surface area contributed by atoms with Crippen LogP contribution in [0.1, 0.15) is 159 Å². The van der Waals surface area contributed by atoms with E-state index in [1.54, 1.807) is 57.2 Å². The first-order chi connectivity index (χ1) is 42.2. The third kappa shape index (κ3) is 28.6. The van der Waals surface area contributed by atoms with Crippen molar-refractivity contribution in [1.82, 2.24) is 62.8 Å². The van der Waals surface area contributed by atoms with Gasteiger partial charge in [0.15, 0.2) is 0 Å². The number of hydrogen-bond acceptors (Lipinski definition) is 15. The van der Waals surface area contributed by atoms with E-state index < -0.39 is 101 Å². The predicted octanol–water partition coefficient (Wildman–Crippen LogP) is 6.41. The first-order valence-corrected chi connectivity index (χ1v) is 30.6. The molecule has 0 aliphatic heterocycles. The summed E-state index contributed by atoms with van der Waals surface area (Å²) in [5.41, 5.74) is -0.484. The fourth-order valence-electron chi connectivity index (χ4n) is 9.06. The SMILES string of the molecule is COC(=O)[C@H](CC(C)C)NC(=O)/C(=C/c1cccnc1)NC(=O)[C@H](CC(C)C)NC(=O)[C@H](CC(C)C)NC(=O)/C(=C/c1cccnc1)NC(=O)[C@H](CC(C)C)NC(=O)[C@H](CC(C)C)NC(=O)/C(=C/c1cccnc1)NC(=O)[C@H](CC(C)C)NC(=O)OC(C)(C)C. The Morgan fingerprint density at radius 1 is 0.400 bits per heavy atom. The van der Waals surface area contributed by atoms with Gasteiger partial charge in [0.2, 0.25) is 29.5 Å². The largest absolute Gasteiger partial charge is 0.467 e. The highest BCUT2D eigenvalue weighted by atomic mass is 16.6. The van der Waals surface area contributed by atoms with Crippen LogP contribution < -0.4 is 47.9 Å². The molecule has 9 amide bonds. The molecule has 90 heavy (non-hydrogen) atoms. The van der Waals surface area contributed by atoms with Crippen molar-refractivity contribution in [2.45, 2.75) is 184 Å². The molecule has 3 heterocycles. The van der Waals surface area contributed by atoms with E-state index in [-0.39, 0.29) is 91.1 Å². The van der Waals surface area contributed by atoms with E-state index in [0.29, 0.717) is 16.7 Å². The maximum absolute atomic E-state index is 14.7. The van der Waals surface area contributed by atoms with E-state index in [9.17, 15) is 47.9 Å². The van der Waals surface area contributed by atoms with Crippen LogP contribution in [-0.2, 0) is 52.6 Å². The van der Waals surface area contributed by atoms with Crippen LogP contribution in [0, 0.1) is 35.5 Å². The van der Waals surface area contributed by atoms with Gasteiger partial charge in [-0.3, -0.25) is 53.3 Å². The average molecular weight is 1250 g/mol. The summed E-state index contributed by atoms with van der Waals surface area (Å²) in [5, 5.41) is 24.4. The monoisotopic (exact) mass is 1250 g/mol. The Morgan fingerprint density at radius 3 is 0.922 bits per heavy atom. The highest BCUT2D eigenvalue weighted by Gasteiger charge is 2.35. The zero-order chi connectivity index (χ0) is 67.4. The molecule has 0 radical (unpaired) electrons. The van der Waals surface area contributed by atoms with E-state index in [0.717, 1.165) is 0 Å². The van der Waals surface area contributed by atoms with Crippen LogP contribution in [0.5, 0.6) is 0 Å². The summed E-state index contributed by atoms with van der Waals surface area (Å²) in [7, 11) is 1.20. The third-order valence-corrected chi connectivity index (χ3v) is 13.0. The van der Waals surface area contributed by atoms with Gasteiger partial charge in [0.05, 0.1) is 7.11 Å². The second-order valence-corrected chi connectivity index (χ2v) is 25.7. The number of amides is 9. The molecule has 24 nitrogen and oxygen atoms in total. The quantitative estimate of drug-likeness (QED) is 0.0235. The Bertz CT molecular complexity index is 2980. The number of aromatic nitrogens is 3. The van der Waals surface area contributed by atoms with Crippen molar-refractivity contribution in [3.8, 4) is 0 Å². The average Bonchev–Trinajstić information content (AvgIpc) is 3.65. The number of nitrogens with one attached hydrogen (secondary N) is 9. The second kappa shape index (κ2) is 37.2. The van der Waals surface area contributed by atoms with Crippen molar-refractivity contribution in [3.05, 3.63) is 107 Å². The second-order valence-electron chi connectivity index (χ2n) is 25.7. The van der Waals surface area contributed by atoms with Crippen LogP contribution in [0.25, 0.3) is 18.2 Å². The molecule has 0 bridgehead atoms. The molecule has 3 aromatic rings. The molecule has 3 aromatic heterocycles. The molecule has 0 aromatic carbocycles. The number of carbonyl (C=O) groups excluding carboxylic acids is 10. The lowest BCUT2D eigenvalue weighted by Crippen LogP contribution is -2.57. The summed E-state index contributed by atoms with van der Waals surface area (Å²) in [6.45, 7) is 27.1. The van der Waals surface area contributed by atoms with Crippen LogP contribution in [0.3, 0.4) is 0 Å². The number of esters is 1. The maximum Gasteiger partial charge on any atom is 0.408 e. The lowest BCUT2D eigenvalue weighted by molar-refractivity contribution is -0.145. The Hall–Kier alpha value is -8.83. The number of hydrogen-bond donors (Lipinski definition) is 9. The molecule has 0 unspecified atom stereocenters. The molecule has 24 heteroatoms. The molecule has 3 rings (SSSR count). The number of methoxy groups -OCH3 is 1. The summed E-state index contributed by atoms with van der Waals surface area (Å²) in [5.74, 6) is -8.04. The molecule has 0 aliphatic rings. The van der Waals surface area contributed by atoms with Gasteiger partial charge in [-0.2, -0.15) is 0 Å². The molecule has 492 valence electrons. The minimum Gasteiger partial charge on any atom is -0.467 e. The molecule has 0 spiro atoms. The Balaban J connectivity index is 2.01. The van der Waals surface area contributed by atoms with Crippen LogP contribution >= 0.6 is 0 Å². The van der Waals surface area contributed by atoms with Crippen LogP contribution in [0.2, 0.25) is 0 Å². The summed E-state index contributed by atoms with van der Waals surface area (Å²) in [4.78, 5) is 154. The summed E-state index contributed by atoms with van der Waals surface area (Å²) in [6, 6.07) is 2.43. The zero-order valence-electron chi connectivity index (χ0n) is 55.1. The van der Waals surface area contributed by atoms with Crippen LogP contribution in [0.4, 0.5) is 4.79 Å². The smallest absolute Gasteiger partial charge is 0.408 e. The summed E-state index contributed by atoms with van der Waals surface area (Å²) >= 11 is 0. The van der Waals surface area contributed by atoms with Gasteiger partial charge < -0.3 is 57.3 Å². The number of carbonyl (C=O) groups is 10. The molecule has 0 fully saturated rings. The zero-order valence-corrected chi connectivity index (χ0v) is 55.1. The molecular formula is C66H96N12O12. The third-order valence-electron chi connectivity index (χ3n) is 13.0. The van der Waals surface area contributed by atoms with E-state index in [2.05, 4.69) is 62.8 Å². The van der Waals surface area contributed by atoms with Crippen molar-refractivity contribution in [2.75, 3.05) is 7.11 Å². The highest BCUT2D eigenvalue weighted by Crippen LogP contribution is 2.17. The van der Waals surface area contributed by atoms with E-state index in [4.69, 9.17) is 9.47 Å². The minimum atomic E-state index is -1.32. The van der Waals surface area contributed by atoms with Gasteiger partial charge in [-0.15, -0.1) is 0 Å². The van der Waals surface area contributed by atoms with Gasteiger partial charge in [-0.25, -0.2) is 9.59 Å². The number of alkyl carbamates (subject to hydrolysis) is 1. The van der Waals surface area contributed by atoms with Crippen molar-refractivity contribution < 1.29 is 57.4 Å². The fourth-order valence-corrected chi connectivity index (χ4v) is 9.06. The molecule has 9 N–H and O–H groups in total. The molecule has 0 saturated carbocycles. The number of pyridine rings is 3. The first kappa shape index (κ1) is 75.4. The highest BCUT2D eigenvalue weighted by molar-refractivity contribution is 6.07. The number of rotatable bonds is 33. The lowest BCUT2D eigenvalue weighted by atomic mass is 9.99. The van der Waals surface area contributed by atoms with Crippen molar-refractivity contribution in [1.29, 1.82) is 0 Å². The van der Waals surface area contributed by atoms with Crippen LogP contribution in [-0.4, -0.2) is 123 Å². The minimum absolute atomic E-state index is 0.0244. The normalized spacial score (nSPS) is 14.1. The summed E-state index contributed by atoms with van der Waals surface area (Å²) in [6.07, 6.45) is 12.9. The van der Waals surface area contributed by atoms with Gasteiger partial charge >= 0.3 is 12.1 Å². The molecule has 6 atom stereocenters. The van der Waals surface area contributed by atoms with E-state index >= 15 is 0 Å². The maximum atomic E-state index is 14.7. The molecular weight excluding hydrogens is 1150 g/mol. The summed E-state index contributed by atoms with van der Waals surface area (Å²) < 4.78 is 10.4. The standard InChI is InChI=1S/C66H96N12O12/c1-38(2)26-47(56(79)71-50(29-41(7)8)59(82)75-54(34-46-22-19-25-69-37-46)63(86)77-55(31-43(11)12)64(87)89-16)72-61(84)52(32-44-20-17-23-67-35-44)74-58(81)49(28-40(5)6)70-57(80)48(27-39(3)4)73-62(85)53(33-45-21-18-24-68-36-45)76-60(83)51(30-42(9)10)78-65(88)90-66(13,14)15/h17-25,32-43,47-51,55H,26-31H2,1-16H3,(H,70,80)(H,71,79)(H,72,84)(H,73,85)(H,74,81)(H,75,82)(H,76,83)(H,77,86)(H,78,88)/b52-32-,53-33-,54-34-/t47-,48-,49-,50-,51-,55-/m0/s1. The number of ether oxygens (including phenoxy) is 2. The van der Waals surface area contributed by atoms with E-state index in [1.165, 1.54) is 62.5 Å². The van der Waals surface area contributed by atoms with Crippen molar-refractivity contribution >= 4 is 77.5 Å². The van der Waals surface area contributed by atoms with Gasteiger partial charge in [-0.1, -0.05) is 101 Å². The predicted molar refractivity (Wildman–Crippen MR) is 343 cm³/mol.